The van der Waals surface area contributed by atoms with Gasteiger partial charge >= 0.3 is 0 Å². The maximum atomic E-state index is 6.17. The quantitative estimate of drug-likeness (QED) is 0.860. The van der Waals surface area contributed by atoms with Crippen molar-refractivity contribution in [3.05, 3.63) is 27.2 Å². The molecule has 0 saturated carbocycles. The molecule has 0 radical (unpaired) electrons. The van der Waals surface area contributed by atoms with E-state index >= 15 is 0 Å². The van der Waals surface area contributed by atoms with Gasteiger partial charge in [0.15, 0.2) is 0 Å². The summed E-state index contributed by atoms with van der Waals surface area (Å²) in [6.07, 6.45) is 3.58. The first-order chi connectivity index (χ1) is 8.60. The van der Waals surface area contributed by atoms with Crippen molar-refractivity contribution in [2.45, 2.75) is 45.3 Å². The fourth-order valence-electron chi connectivity index (χ4n) is 2.27. The van der Waals surface area contributed by atoms with E-state index in [0.717, 1.165) is 46.6 Å². The Hall–Kier alpha value is -0.250. The molecule has 100 valence electrons. The molecule has 0 aromatic heterocycles. The van der Waals surface area contributed by atoms with Crippen LogP contribution in [0.5, 0.6) is 0 Å². The molecule has 18 heavy (non-hydrogen) atoms. The van der Waals surface area contributed by atoms with E-state index < -0.39 is 0 Å². The molecule has 1 aromatic rings. The molecule has 1 saturated heterocycles. The summed E-state index contributed by atoms with van der Waals surface area (Å²) in [7, 11) is 0. The molecule has 4 heteroatoms. The average molecular weight is 333 g/mol. The lowest BCUT2D eigenvalue weighted by Crippen LogP contribution is -2.33. The molecule has 1 aromatic carbocycles. The number of anilines is 1. The van der Waals surface area contributed by atoms with Gasteiger partial charge in [0.1, 0.15) is 0 Å². The summed E-state index contributed by atoms with van der Waals surface area (Å²) in [6, 6.07) is 4.53. The lowest BCUT2D eigenvalue weighted by molar-refractivity contribution is 0.00925. The molecule has 0 amide bonds. The first-order valence-electron chi connectivity index (χ1n) is 6.44. The zero-order valence-electron chi connectivity index (χ0n) is 10.8. The summed E-state index contributed by atoms with van der Waals surface area (Å²) in [6.45, 7) is 5.03. The molecule has 2 unspecified atom stereocenters. The van der Waals surface area contributed by atoms with Crippen LogP contribution in [-0.2, 0) is 4.74 Å². The van der Waals surface area contributed by atoms with Crippen molar-refractivity contribution in [3.63, 3.8) is 0 Å². The highest BCUT2D eigenvalue weighted by atomic mass is 79.9. The number of hydrogen-bond donors (Lipinski definition) is 1. The molecule has 0 spiro atoms. The zero-order valence-corrected chi connectivity index (χ0v) is 13.1. The molecule has 2 nitrogen and oxygen atoms in total. The zero-order chi connectivity index (χ0) is 13.1. The third-order valence-electron chi connectivity index (χ3n) is 3.43. The highest BCUT2D eigenvalue weighted by Gasteiger charge is 2.21. The maximum Gasteiger partial charge on any atom is 0.0592 e. The van der Waals surface area contributed by atoms with Crippen molar-refractivity contribution in [2.24, 2.45) is 0 Å². The molecule has 0 bridgehead atoms. The van der Waals surface area contributed by atoms with Crippen molar-refractivity contribution < 1.29 is 4.74 Å². The van der Waals surface area contributed by atoms with E-state index in [0.29, 0.717) is 12.1 Å². The summed E-state index contributed by atoms with van der Waals surface area (Å²) in [5.74, 6) is 0. The fourth-order valence-corrected chi connectivity index (χ4v) is 3.01. The van der Waals surface area contributed by atoms with Crippen molar-refractivity contribution in [3.8, 4) is 0 Å². The van der Waals surface area contributed by atoms with Crippen molar-refractivity contribution in [1.29, 1.82) is 0 Å². The van der Waals surface area contributed by atoms with Gasteiger partial charge in [-0.1, -0.05) is 18.5 Å². The summed E-state index contributed by atoms with van der Waals surface area (Å²) in [4.78, 5) is 0. The highest BCUT2D eigenvalue weighted by molar-refractivity contribution is 9.10. The second-order valence-electron chi connectivity index (χ2n) is 4.85. The van der Waals surface area contributed by atoms with Crippen molar-refractivity contribution >= 4 is 33.2 Å². The van der Waals surface area contributed by atoms with Crippen LogP contribution >= 0.6 is 27.5 Å². The summed E-state index contributed by atoms with van der Waals surface area (Å²) >= 11 is 9.76. The van der Waals surface area contributed by atoms with Crippen LogP contribution in [-0.4, -0.2) is 18.8 Å². The smallest absolute Gasteiger partial charge is 0.0592 e. The first-order valence-corrected chi connectivity index (χ1v) is 7.61. The SMILES string of the molecule is CCC1CC(Nc2cc(Cl)c(C)cc2Br)CCO1. The molecule has 1 N–H and O–H groups in total. The highest BCUT2D eigenvalue weighted by Crippen LogP contribution is 2.31. The van der Waals surface area contributed by atoms with Crippen molar-refractivity contribution in [2.75, 3.05) is 11.9 Å². The van der Waals surface area contributed by atoms with Crippen LogP contribution in [0.1, 0.15) is 31.7 Å². The van der Waals surface area contributed by atoms with E-state index in [2.05, 4.69) is 34.2 Å². The van der Waals surface area contributed by atoms with E-state index in [4.69, 9.17) is 16.3 Å². The number of aryl methyl sites for hydroxylation is 1. The number of rotatable bonds is 3. The number of ether oxygens (including phenoxy) is 1. The molecular formula is C14H19BrClNO. The lowest BCUT2D eigenvalue weighted by Gasteiger charge is -2.30. The minimum Gasteiger partial charge on any atom is -0.381 e. The monoisotopic (exact) mass is 331 g/mol. The standard InChI is InChI=1S/C14H19BrClNO/c1-3-11-7-10(4-5-18-11)17-14-8-13(16)9(2)6-12(14)15/h6,8,10-11,17H,3-5,7H2,1-2H3. The number of benzene rings is 1. The Kier molecular flexibility index (Phi) is 4.93. The number of hydrogen-bond acceptors (Lipinski definition) is 2. The summed E-state index contributed by atoms with van der Waals surface area (Å²) in [5, 5.41) is 4.38. The number of nitrogens with one attached hydrogen (secondary N) is 1. The normalized spacial score (nSPS) is 24.0. The molecular weight excluding hydrogens is 314 g/mol. The fraction of sp³-hybridized carbons (Fsp3) is 0.571. The average Bonchev–Trinajstić information content (AvgIpc) is 2.36. The third-order valence-corrected chi connectivity index (χ3v) is 4.49. The Morgan fingerprint density at radius 1 is 1.50 bits per heavy atom. The van der Waals surface area contributed by atoms with E-state index in [1.807, 2.05) is 13.0 Å². The van der Waals surface area contributed by atoms with Crippen LogP contribution in [0.25, 0.3) is 0 Å². The Balaban J connectivity index is 2.07. The molecule has 1 fully saturated rings. The van der Waals surface area contributed by atoms with Gasteiger partial charge in [0.25, 0.3) is 0 Å². The number of halogens is 2. The summed E-state index contributed by atoms with van der Waals surface area (Å²) in [5.41, 5.74) is 2.17. The van der Waals surface area contributed by atoms with Crippen LogP contribution < -0.4 is 5.32 Å². The van der Waals surface area contributed by atoms with Gasteiger partial charge in [-0.25, -0.2) is 0 Å². The molecule has 1 aliphatic heterocycles. The Morgan fingerprint density at radius 3 is 3.00 bits per heavy atom. The van der Waals surface area contributed by atoms with E-state index in [1.54, 1.807) is 0 Å². The van der Waals surface area contributed by atoms with E-state index in [1.165, 1.54) is 0 Å². The van der Waals surface area contributed by atoms with E-state index in [-0.39, 0.29) is 0 Å². The lowest BCUT2D eigenvalue weighted by atomic mass is 10.0. The van der Waals surface area contributed by atoms with Crippen LogP contribution in [0.2, 0.25) is 5.02 Å². The van der Waals surface area contributed by atoms with Crippen molar-refractivity contribution in [1.82, 2.24) is 0 Å². The second-order valence-corrected chi connectivity index (χ2v) is 6.11. The Labute approximate surface area is 122 Å². The van der Waals surface area contributed by atoms with Crippen LogP contribution in [0.15, 0.2) is 16.6 Å². The van der Waals surface area contributed by atoms with Crippen LogP contribution in [0.3, 0.4) is 0 Å². The largest absolute Gasteiger partial charge is 0.381 e. The minimum absolute atomic E-state index is 0.385. The van der Waals surface area contributed by atoms with Gasteiger partial charge in [-0.15, -0.1) is 0 Å². The maximum absolute atomic E-state index is 6.17. The minimum atomic E-state index is 0.385. The summed E-state index contributed by atoms with van der Waals surface area (Å²) < 4.78 is 6.76. The second kappa shape index (κ2) is 6.27. The third kappa shape index (κ3) is 3.40. The first kappa shape index (κ1) is 14.2. The predicted molar refractivity (Wildman–Crippen MR) is 80.6 cm³/mol. The van der Waals surface area contributed by atoms with Gasteiger partial charge in [0.2, 0.25) is 0 Å². The van der Waals surface area contributed by atoms with Gasteiger partial charge in [-0.05, 0) is 59.8 Å². The Bertz CT molecular complexity index is 425. The van der Waals surface area contributed by atoms with Crippen LogP contribution in [0.4, 0.5) is 5.69 Å². The predicted octanol–water partition coefficient (Wildman–Crippen LogP) is 4.78. The molecule has 0 aliphatic carbocycles. The molecule has 1 aliphatic rings. The van der Waals surface area contributed by atoms with E-state index in [9.17, 15) is 0 Å². The van der Waals surface area contributed by atoms with Crippen LogP contribution in [0, 0.1) is 6.92 Å². The van der Waals surface area contributed by atoms with Gasteiger partial charge in [0.05, 0.1) is 11.8 Å². The van der Waals surface area contributed by atoms with Gasteiger partial charge < -0.3 is 10.1 Å². The molecule has 2 rings (SSSR count). The van der Waals surface area contributed by atoms with Gasteiger partial charge in [-0.2, -0.15) is 0 Å². The Morgan fingerprint density at radius 2 is 2.28 bits per heavy atom. The van der Waals surface area contributed by atoms with Gasteiger partial charge in [0, 0.05) is 22.1 Å². The molecule has 1 heterocycles. The topological polar surface area (TPSA) is 21.3 Å². The molecule has 2 atom stereocenters. The van der Waals surface area contributed by atoms with Gasteiger partial charge in [-0.3, -0.25) is 0 Å².